The fourth-order valence-corrected chi connectivity index (χ4v) is 5.26. The Kier molecular flexibility index (Phi) is 3.27. The van der Waals surface area contributed by atoms with Crippen molar-refractivity contribution in [3.63, 3.8) is 0 Å². The van der Waals surface area contributed by atoms with E-state index in [0.717, 1.165) is 36.2 Å². The first-order valence-corrected chi connectivity index (χ1v) is 9.31. The highest BCUT2D eigenvalue weighted by Gasteiger charge is 2.61. The third-order valence-corrected chi connectivity index (χ3v) is 6.78. The number of allylic oxidation sites excluding steroid dienone is 1. The molecule has 6 heteroatoms. The first-order valence-electron chi connectivity index (χ1n) is 9.31. The molecule has 0 radical (unpaired) electrons. The van der Waals surface area contributed by atoms with Crippen molar-refractivity contribution in [2.45, 2.75) is 39.0 Å². The Bertz CT molecular complexity index is 1010. The molecule has 27 heavy (non-hydrogen) atoms. The fraction of sp³-hybridized carbons (Fsp3) is 0.381. The molecule has 5 nitrogen and oxygen atoms in total. The van der Waals surface area contributed by atoms with E-state index in [1.54, 1.807) is 12.1 Å². The molecule has 2 aromatic rings. The van der Waals surface area contributed by atoms with Crippen LogP contribution in [-0.2, 0) is 16.0 Å². The van der Waals surface area contributed by atoms with E-state index in [1.807, 2.05) is 10.9 Å². The average Bonchev–Trinajstić information content (AvgIpc) is 3.16. The van der Waals surface area contributed by atoms with E-state index >= 15 is 0 Å². The molecule has 5 rings (SSSR count). The fourth-order valence-electron chi connectivity index (χ4n) is 5.26. The van der Waals surface area contributed by atoms with Gasteiger partial charge in [-0.15, -0.1) is 0 Å². The number of nitrogens with zero attached hydrogens (tertiary/aromatic N) is 2. The van der Waals surface area contributed by atoms with Crippen molar-refractivity contribution in [3.05, 3.63) is 53.1 Å². The van der Waals surface area contributed by atoms with Crippen molar-refractivity contribution in [1.29, 1.82) is 0 Å². The van der Waals surface area contributed by atoms with Crippen LogP contribution in [0.3, 0.4) is 0 Å². The van der Waals surface area contributed by atoms with E-state index < -0.39 is 5.41 Å². The highest BCUT2D eigenvalue weighted by molar-refractivity contribution is 6.06. The summed E-state index contributed by atoms with van der Waals surface area (Å²) in [6.45, 7) is 2.12. The molecule has 1 saturated carbocycles. The molecule has 2 atom stereocenters. The molecule has 1 N–H and O–H groups in total. The number of carbonyl (C=O) groups excluding carboxylic acids is 2. The van der Waals surface area contributed by atoms with E-state index in [-0.39, 0.29) is 29.5 Å². The number of hydrogen-bond acceptors (Lipinski definition) is 3. The lowest BCUT2D eigenvalue weighted by Gasteiger charge is -2.51. The second-order valence-electron chi connectivity index (χ2n) is 8.11. The van der Waals surface area contributed by atoms with Gasteiger partial charge in [0, 0.05) is 11.8 Å². The number of aromatic nitrogens is 2. The Morgan fingerprint density at radius 1 is 1.19 bits per heavy atom. The van der Waals surface area contributed by atoms with Crippen LogP contribution in [-0.4, -0.2) is 21.6 Å². The van der Waals surface area contributed by atoms with Crippen LogP contribution in [0.15, 0.2) is 36.0 Å². The van der Waals surface area contributed by atoms with Crippen LogP contribution in [0.2, 0.25) is 0 Å². The number of benzene rings is 1. The molecule has 2 heterocycles. The molecule has 0 bridgehead atoms. The quantitative estimate of drug-likeness (QED) is 0.790. The maximum absolute atomic E-state index is 13.3. The largest absolute Gasteiger partial charge is 0.296 e. The minimum absolute atomic E-state index is 0.130. The molecule has 1 aromatic carbocycles. The van der Waals surface area contributed by atoms with Crippen molar-refractivity contribution in [3.8, 4) is 5.69 Å². The molecule has 1 aromatic heterocycles. The zero-order valence-electron chi connectivity index (χ0n) is 15.1. The molecular weight excluding hydrogens is 345 g/mol. The summed E-state index contributed by atoms with van der Waals surface area (Å²) in [7, 11) is 0. The summed E-state index contributed by atoms with van der Waals surface area (Å²) in [5, 5.41) is 7.05. The van der Waals surface area contributed by atoms with Crippen LogP contribution >= 0.6 is 0 Å². The van der Waals surface area contributed by atoms with Gasteiger partial charge in [-0.2, -0.15) is 5.10 Å². The normalized spacial score (nSPS) is 29.3. The smallest absolute Gasteiger partial charge is 0.234 e. The Morgan fingerprint density at radius 2 is 1.96 bits per heavy atom. The summed E-state index contributed by atoms with van der Waals surface area (Å²) in [6, 6.07) is 6.27. The lowest BCUT2D eigenvalue weighted by atomic mass is 9.50. The van der Waals surface area contributed by atoms with Gasteiger partial charge >= 0.3 is 0 Å². The van der Waals surface area contributed by atoms with Gasteiger partial charge in [-0.25, -0.2) is 9.07 Å². The molecule has 1 saturated heterocycles. The van der Waals surface area contributed by atoms with Gasteiger partial charge in [-0.3, -0.25) is 14.9 Å². The lowest BCUT2D eigenvalue weighted by molar-refractivity contribution is -0.135. The van der Waals surface area contributed by atoms with Gasteiger partial charge in [0.25, 0.3) is 0 Å². The van der Waals surface area contributed by atoms with Crippen molar-refractivity contribution in [2.24, 2.45) is 10.8 Å². The minimum Gasteiger partial charge on any atom is -0.296 e. The van der Waals surface area contributed by atoms with Gasteiger partial charge in [-0.05, 0) is 61.6 Å². The molecule has 0 unspecified atom stereocenters. The highest BCUT2D eigenvalue weighted by atomic mass is 19.1. The molecule has 2 fully saturated rings. The summed E-state index contributed by atoms with van der Waals surface area (Å²) in [5.74, 6) is -0.581. The number of hydrogen-bond donors (Lipinski definition) is 1. The van der Waals surface area contributed by atoms with Gasteiger partial charge in [0.15, 0.2) is 0 Å². The summed E-state index contributed by atoms with van der Waals surface area (Å²) >= 11 is 0. The molecule has 138 valence electrons. The van der Waals surface area contributed by atoms with E-state index in [9.17, 15) is 14.0 Å². The first kappa shape index (κ1) is 16.4. The molecule has 1 spiro atoms. The number of fused-ring (bicyclic) bond motifs is 3. The number of rotatable bonds is 1. The zero-order chi connectivity index (χ0) is 18.8. The van der Waals surface area contributed by atoms with E-state index in [2.05, 4.69) is 23.4 Å². The van der Waals surface area contributed by atoms with E-state index in [0.29, 0.717) is 6.42 Å². The van der Waals surface area contributed by atoms with Gasteiger partial charge in [0.05, 0.1) is 23.0 Å². The standard InChI is InChI=1S/C21H20FN3O2/c1-20-10-13-12-23-25(16-6-4-15(22)5-7-16)17(13)9-14(20)3-2-8-21(20)11-18(26)24-19(21)27/h4-7,9,12H,2-3,8,10-11H2,1H3,(H,24,26,27)/t20-,21-/m0/s1. The van der Waals surface area contributed by atoms with Gasteiger partial charge in [0.1, 0.15) is 5.82 Å². The molecule has 2 amide bonds. The number of imide groups is 1. The summed E-state index contributed by atoms with van der Waals surface area (Å²) in [4.78, 5) is 24.8. The molecule has 3 aliphatic rings. The van der Waals surface area contributed by atoms with Gasteiger partial charge < -0.3 is 0 Å². The van der Waals surface area contributed by atoms with E-state index in [1.165, 1.54) is 17.7 Å². The second-order valence-corrected chi connectivity index (χ2v) is 8.11. The molecule has 2 aliphatic carbocycles. The summed E-state index contributed by atoms with van der Waals surface area (Å²) in [5.41, 5.74) is 3.00. The third kappa shape index (κ3) is 2.13. The lowest BCUT2D eigenvalue weighted by Crippen LogP contribution is -2.51. The Hall–Kier alpha value is -2.76. The SMILES string of the molecule is C[C@]12Cc3cnn(-c4ccc(F)cc4)c3C=C1CCC[C@@]21CC(=O)NC1=O. The van der Waals surface area contributed by atoms with Crippen molar-refractivity contribution in [2.75, 3.05) is 0 Å². The zero-order valence-corrected chi connectivity index (χ0v) is 15.1. The maximum Gasteiger partial charge on any atom is 0.234 e. The van der Waals surface area contributed by atoms with Crippen LogP contribution in [0.1, 0.15) is 43.9 Å². The number of nitrogens with one attached hydrogen (secondary N) is 1. The van der Waals surface area contributed by atoms with Crippen LogP contribution in [0.25, 0.3) is 11.8 Å². The summed E-state index contributed by atoms with van der Waals surface area (Å²) in [6.07, 6.45) is 7.44. The third-order valence-electron chi connectivity index (χ3n) is 6.78. The van der Waals surface area contributed by atoms with Crippen LogP contribution in [0.5, 0.6) is 0 Å². The maximum atomic E-state index is 13.3. The van der Waals surface area contributed by atoms with Crippen molar-refractivity contribution < 1.29 is 14.0 Å². The highest BCUT2D eigenvalue weighted by Crippen LogP contribution is 2.60. The number of amides is 2. The Morgan fingerprint density at radius 3 is 2.67 bits per heavy atom. The average molecular weight is 365 g/mol. The molecular formula is C21H20FN3O2. The van der Waals surface area contributed by atoms with Crippen molar-refractivity contribution in [1.82, 2.24) is 15.1 Å². The van der Waals surface area contributed by atoms with E-state index in [4.69, 9.17) is 0 Å². The van der Waals surface area contributed by atoms with Crippen LogP contribution in [0.4, 0.5) is 4.39 Å². The molecule has 1 aliphatic heterocycles. The van der Waals surface area contributed by atoms with Crippen LogP contribution in [0, 0.1) is 16.6 Å². The van der Waals surface area contributed by atoms with Gasteiger partial charge in [-0.1, -0.05) is 12.5 Å². The van der Waals surface area contributed by atoms with Crippen LogP contribution < -0.4 is 5.32 Å². The topological polar surface area (TPSA) is 64.0 Å². The summed E-state index contributed by atoms with van der Waals surface area (Å²) < 4.78 is 15.1. The Labute approximate surface area is 156 Å². The monoisotopic (exact) mass is 365 g/mol. The second kappa shape index (κ2) is 5.38. The minimum atomic E-state index is -0.663. The van der Waals surface area contributed by atoms with Gasteiger partial charge in [0.2, 0.25) is 11.8 Å². The first-order chi connectivity index (χ1) is 12.9. The number of carbonyl (C=O) groups is 2. The predicted octanol–water partition coefficient (Wildman–Crippen LogP) is 3.17. The number of halogens is 1. The Balaban J connectivity index is 1.62. The predicted molar refractivity (Wildman–Crippen MR) is 97.4 cm³/mol. The van der Waals surface area contributed by atoms with Crippen molar-refractivity contribution >= 4 is 17.9 Å².